The molecule has 10 atom stereocenters. The zero-order chi connectivity index (χ0) is 94.1. The Kier molecular flexibility index (Phi) is 26.8. The number of aromatic nitrogens is 5. The van der Waals surface area contributed by atoms with Gasteiger partial charge in [-0.1, -0.05) is 164 Å². The summed E-state index contributed by atoms with van der Waals surface area (Å²) in [5.74, 6) is 1.66. The first-order valence-corrected chi connectivity index (χ1v) is 51.9. The molecule has 5 aliphatic carbocycles. The maximum absolute atomic E-state index is 13.5. The quantitative estimate of drug-likeness (QED) is 0.128. The number of hydrogen-bond donors (Lipinski definition) is 0. The van der Waals surface area contributed by atoms with Crippen molar-refractivity contribution in [3.05, 3.63) is 353 Å². The van der Waals surface area contributed by atoms with Crippen molar-refractivity contribution in [2.24, 2.45) is 0 Å². The molecule has 15 heteroatoms. The van der Waals surface area contributed by atoms with Crippen LogP contribution in [0.25, 0.3) is 54.5 Å². The van der Waals surface area contributed by atoms with Gasteiger partial charge in [0.15, 0.2) is 0 Å². The Labute approximate surface area is 808 Å². The third-order valence-corrected chi connectivity index (χ3v) is 33.7. The van der Waals surface area contributed by atoms with Gasteiger partial charge in [0.1, 0.15) is 29.1 Å². The van der Waals surface area contributed by atoms with Crippen LogP contribution in [0.1, 0.15) is 281 Å². The van der Waals surface area contributed by atoms with Gasteiger partial charge < -0.3 is 47.3 Å². The first-order valence-electron chi connectivity index (χ1n) is 51.9. The summed E-state index contributed by atoms with van der Waals surface area (Å²) in [6.07, 6.45) is 26.4. The molecule has 10 heterocycles. The standard InChI is InChI=1S/2C25H29FN2.3C24H27FN2/c2*1-17-7-12-24-21(15-17)22-16-27(2)14-13-25(22)28(24)23-6-4-3-5-20(23)18-8-10-19(26)11-9-18;3*1-16-6-11-23-20(14-16)21-15-26(2)13-12-24(21)27(23)22-5-3-4-19(22)17-7-9-18(25)10-8-17/h2*7-12,15,20,23H,3-6,13-14,16H2,1-2H3;3*6-11,14,19,22H,3-5,12-13,15H2,1-2H3/t20-,23+;20-,23-;2*19-,22+;19-,22-/m01100/s1. The highest BCUT2D eigenvalue weighted by molar-refractivity contribution is 5.91. The minimum Gasteiger partial charge on any atom is -0.341 e. The molecule has 5 aromatic heterocycles. The van der Waals surface area contributed by atoms with Crippen LogP contribution >= 0.6 is 0 Å². The fourth-order valence-corrected chi connectivity index (χ4v) is 27.2. The Morgan fingerprint density at radius 3 is 0.562 bits per heavy atom. The largest absolute Gasteiger partial charge is 0.341 e. The van der Waals surface area contributed by atoms with Gasteiger partial charge in [-0.3, -0.25) is 0 Å². The molecule has 0 N–H and O–H groups in total. The number of aryl methyl sites for hydroxylation is 5. The molecule has 10 aromatic carbocycles. The summed E-state index contributed by atoms with van der Waals surface area (Å²) >= 11 is 0. The van der Waals surface area contributed by atoms with Crippen LogP contribution in [0.15, 0.2) is 212 Å². The van der Waals surface area contributed by atoms with Crippen molar-refractivity contribution in [2.45, 2.75) is 268 Å². The van der Waals surface area contributed by atoms with E-state index in [9.17, 15) is 22.0 Å². The van der Waals surface area contributed by atoms with Crippen molar-refractivity contribution in [2.75, 3.05) is 68.0 Å². The monoisotopic (exact) mass is 1840 g/mol. The van der Waals surface area contributed by atoms with Crippen molar-refractivity contribution >= 4 is 54.5 Å². The van der Waals surface area contributed by atoms with Crippen molar-refractivity contribution < 1.29 is 22.0 Å². The van der Waals surface area contributed by atoms with Gasteiger partial charge in [0.25, 0.3) is 0 Å². The lowest BCUT2D eigenvalue weighted by Crippen LogP contribution is -2.30. The van der Waals surface area contributed by atoms with E-state index in [4.69, 9.17) is 0 Å². The molecule has 10 aliphatic rings. The SMILES string of the molecule is Cc1ccc2c(c1)c1c(n2[C@@H]2CCCC[C@@H]2c2ccc(F)cc2)CCN(C)C1.Cc1ccc2c(c1)c1c(n2[C@@H]2CCCC[C@H]2c2ccc(F)cc2)CCN(C)C1.Cc1ccc2c(c1)c1c(n2[C@@H]2CCC[C@H]2c2ccc(F)cc2)CCN(C)C1.Cc1ccc2c(c1)c1c(n2[C@H]2CCC[C@@H]2c2ccc(F)cc2)CCN(C)C1.Cc1ccc2c(c1)c1c(n2[C@H]2CCC[C@H]2c2ccc(F)cc2)CCN(C)C1. The Morgan fingerprint density at radius 2 is 0.372 bits per heavy atom. The van der Waals surface area contributed by atoms with Crippen molar-refractivity contribution in [1.82, 2.24) is 47.3 Å². The summed E-state index contributed by atoms with van der Waals surface area (Å²) in [5, 5.41) is 7.17. The van der Waals surface area contributed by atoms with Gasteiger partial charge in [-0.15, -0.1) is 0 Å². The van der Waals surface area contributed by atoms with Gasteiger partial charge in [0, 0.05) is 240 Å². The number of halogens is 5. The van der Waals surface area contributed by atoms with Crippen molar-refractivity contribution in [1.29, 1.82) is 0 Å². The van der Waals surface area contributed by atoms with E-state index in [0.717, 1.165) is 97.6 Å². The van der Waals surface area contributed by atoms with E-state index < -0.39 is 0 Å². The second-order valence-corrected chi connectivity index (χ2v) is 43.0. The third-order valence-electron chi connectivity index (χ3n) is 33.7. The molecule has 5 saturated carbocycles. The van der Waals surface area contributed by atoms with Crippen LogP contribution in [0.5, 0.6) is 0 Å². The number of nitrogens with zero attached hydrogens (tertiary/aromatic N) is 10. The van der Waals surface area contributed by atoms with Gasteiger partial charge in [-0.25, -0.2) is 22.0 Å². The summed E-state index contributed by atoms with van der Waals surface area (Å²) in [4.78, 5) is 12.2. The molecule has 0 unspecified atom stereocenters. The lowest BCUT2D eigenvalue weighted by Gasteiger charge is -2.36. The minimum atomic E-state index is -0.143. The number of fused-ring (bicyclic) bond motifs is 15. The second kappa shape index (κ2) is 39.6. The van der Waals surface area contributed by atoms with Crippen LogP contribution in [-0.2, 0) is 64.8 Å². The molecule has 0 spiro atoms. The number of likely N-dealkylation sites (N-methyl/N-ethyl adjacent to an activating group) is 5. The molecule has 10 nitrogen and oxygen atoms in total. The predicted octanol–water partition coefficient (Wildman–Crippen LogP) is 28.7. The first kappa shape index (κ1) is 92.7. The van der Waals surface area contributed by atoms with E-state index in [2.05, 4.69) is 208 Å². The van der Waals surface area contributed by atoms with Gasteiger partial charge in [-0.2, -0.15) is 0 Å². The summed E-state index contributed by atoms with van der Waals surface area (Å²) in [5.41, 5.74) is 35.4. The summed E-state index contributed by atoms with van der Waals surface area (Å²) < 4.78 is 80.7. The molecular weight excluding hydrogens is 1700 g/mol. The molecule has 15 aromatic rings. The molecule has 0 amide bonds. The van der Waals surface area contributed by atoms with E-state index >= 15 is 0 Å². The van der Waals surface area contributed by atoms with Crippen LogP contribution < -0.4 is 0 Å². The Morgan fingerprint density at radius 1 is 0.204 bits per heavy atom. The molecule has 712 valence electrons. The molecular formula is C122H139F5N10. The van der Waals surface area contributed by atoms with Crippen molar-refractivity contribution in [3.8, 4) is 0 Å². The summed E-state index contributed by atoms with van der Waals surface area (Å²) in [7, 11) is 11.1. The highest BCUT2D eigenvalue weighted by atomic mass is 19.1. The van der Waals surface area contributed by atoms with Crippen LogP contribution in [-0.4, -0.2) is 115 Å². The fourth-order valence-electron chi connectivity index (χ4n) is 27.2. The van der Waals surface area contributed by atoms with Crippen molar-refractivity contribution in [3.63, 3.8) is 0 Å². The van der Waals surface area contributed by atoms with E-state index in [1.165, 1.54) is 276 Å². The van der Waals surface area contributed by atoms with E-state index in [-0.39, 0.29) is 29.1 Å². The number of hydrogen-bond acceptors (Lipinski definition) is 5. The smallest absolute Gasteiger partial charge is 0.123 e. The molecule has 25 rings (SSSR count). The van der Waals surface area contributed by atoms with Gasteiger partial charge >= 0.3 is 0 Å². The Balaban J connectivity index is 0.000000102. The van der Waals surface area contributed by atoms with Crippen LogP contribution in [0.3, 0.4) is 0 Å². The van der Waals surface area contributed by atoms with Crippen LogP contribution in [0.4, 0.5) is 22.0 Å². The third kappa shape index (κ3) is 18.5. The van der Waals surface area contributed by atoms with Gasteiger partial charge in [-0.05, 0) is 311 Å². The summed E-state index contributed by atoms with van der Waals surface area (Å²) in [6.45, 7) is 21.7. The number of benzene rings is 10. The topological polar surface area (TPSA) is 40.9 Å². The second-order valence-electron chi connectivity index (χ2n) is 43.0. The van der Waals surface area contributed by atoms with Gasteiger partial charge in [0.2, 0.25) is 0 Å². The molecule has 5 fully saturated rings. The zero-order valence-corrected chi connectivity index (χ0v) is 82.5. The average Bonchev–Trinajstić information content (AvgIpc) is 1.57. The average molecular weight is 1840 g/mol. The van der Waals surface area contributed by atoms with E-state index in [1.807, 2.05) is 60.7 Å². The molecule has 0 bridgehead atoms. The predicted molar refractivity (Wildman–Crippen MR) is 553 cm³/mol. The first-order chi connectivity index (χ1) is 66.6. The highest BCUT2D eigenvalue weighted by Crippen LogP contribution is 2.54. The molecule has 0 saturated heterocycles. The van der Waals surface area contributed by atoms with Crippen LogP contribution in [0.2, 0.25) is 0 Å². The number of rotatable bonds is 10. The minimum absolute atomic E-state index is 0.140. The molecule has 137 heavy (non-hydrogen) atoms. The highest BCUT2D eigenvalue weighted by Gasteiger charge is 2.41. The van der Waals surface area contributed by atoms with Gasteiger partial charge in [0.05, 0.1) is 0 Å². The zero-order valence-electron chi connectivity index (χ0n) is 82.5. The normalized spacial score (nSPS) is 23.1. The molecule has 0 radical (unpaired) electrons. The lowest BCUT2D eigenvalue weighted by atomic mass is 9.79. The fraction of sp³-hybridized carbons (Fsp3) is 0.426. The maximum Gasteiger partial charge on any atom is 0.123 e. The van der Waals surface area contributed by atoms with Crippen LogP contribution in [0, 0.1) is 63.7 Å². The maximum atomic E-state index is 13.5. The van der Waals surface area contributed by atoms with E-state index in [1.54, 1.807) is 60.7 Å². The molecule has 5 aliphatic heterocycles. The lowest BCUT2D eigenvalue weighted by molar-refractivity contribution is 0.281. The Hall–Kier alpha value is -10.7. The Bertz CT molecular complexity index is 6310. The van der Waals surface area contributed by atoms with E-state index in [0.29, 0.717) is 59.8 Å². The summed E-state index contributed by atoms with van der Waals surface area (Å²) in [6, 6.07) is 73.3.